The maximum atomic E-state index is 5.53. The van der Waals surface area contributed by atoms with Crippen molar-refractivity contribution in [1.29, 1.82) is 0 Å². The number of hydrogen-bond acceptors (Lipinski definition) is 2. The second kappa shape index (κ2) is 7.16. The molecule has 0 fully saturated rings. The quantitative estimate of drug-likeness (QED) is 0.754. The van der Waals surface area contributed by atoms with Crippen LogP contribution in [0.3, 0.4) is 0 Å². The molecule has 0 aliphatic rings. The van der Waals surface area contributed by atoms with Gasteiger partial charge >= 0.3 is 0 Å². The highest BCUT2D eigenvalue weighted by Crippen LogP contribution is 2.18. The Bertz CT molecular complexity index is 478. The van der Waals surface area contributed by atoms with Gasteiger partial charge in [-0.1, -0.05) is 32.8 Å². The molecule has 0 unspecified atom stereocenters. The summed E-state index contributed by atoms with van der Waals surface area (Å²) >= 11 is 0. The first-order valence-electron chi connectivity index (χ1n) is 6.54. The molecular formula is C16H19O2P. The maximum Gasteiger partial charge on any atom is 0.119 e. The van der Waals surface area contributed by atoms with Crippen LogP contribution in [-0.4, -0.2) is 13.2 Å². The van der Waals surface area contributed by atoms with E-state index in [0.717, 1.165) is 11.5 Å². The van der Waals surface area contributed by atoms with Gasteiger partial charge in [0.1, 0.15) is 11.5 Å². The fourth-order valence-electron chi connectivity index (χ4n) is 1.83. The molecule has 0 saturated heterocycles. The van der Waals surface area contributed by atoms with E-state index in [0.29, 0.717) is 21.8 Å². The van der Waals surface area contributed by atoms with Crippen molar-refractivity contribution in [2.45, 2.75) is 13.8 Å². The van der Waals surface area contributed by atoms with Gasteiger partial charge < -0.3 is 9.47 Å². The molecule has 19 heavy (non-hydrogen) atoms. The van der Waals surface area contributed by atoms with Gasteiger partial charge in [-0.2, -0.15) is 0 Å². The van der Waals surface area contributed by atoms with Crippen molar-refractivity contribution in [3.05, 3.63) is 48.5 Å². The Morgan fingerprint density at radius 3 is 1.68 bits per heavy atom. The molecule has 0 spiro atoms. The highest BCUT2D eigenvalue weighted by molar-refractivity contribution is 7.55. The van der Waals surface area contributed by atoms with Gasteiger partial charge in [0, 0.05) is 0 Å². The standard InChI is InChI=1S/C16H19O2P/c1-3-17-13-7-5-9-15(11-13)19-16-10-6-8-14(12-16)18-4-2/h5-12,19H,3-4H2,1-2H3. The minimum absolute atomic E-state index is 0.618. The number of hydrogen-bond donors (Lipinski definition) is 0. The van der Waals surface area contributed by atoms with Crippen LogP contribution in [0.25, 0.3) is 0 Å². The van der Waals surface area contributed by atoms with Crippen LogP contribution >= 0.6 is 8.58 Å². The van der Waals surface area contributed by atoms with Crippen molar-refractivity contribution in [2.24, 2.45) is 0 Å². The topological polar surface area (TPSA) is 18.5 Å². The van der Waals surface area contributed by atoms with Crippen molar-refractivity contribution < 1.29 is 9.47 Å². The highest BCUT2D eigenvalue weighted by Gasteiger charge is 2.00. The maximum absolute atomic E-state index is 5.53. The average molecular weight is 274 g/mol. The van der Waals surface area contributed by atoms with E-state index in [1.165, 1.54) is 10.6 Å². The third-order valence-corrected chi connectivity index (χ3v) is 3.78. The van der Waals surface area contributed by atoms with Gasteiger partial charge in [-0.3, -0.25) is 0 Å². The van der Waals surface area contributed by atoms with E-state index in [4.69, 9.17) is 9.47 Å². The summed E-state index contributed by atoms with van der Waals surface area (Å²) in [7, 11) is 0.618. The Labute approximate surface area is 116 Å². The summed E-state index contributed by atoms with van der Waals surface area (Å²) in [5, 5.41) is 2.55. The first-order chi connectivity index (χ1) is 9.31. The lowest BCUT2D eigenvalue weighted by Crippen LogP contribution is -2.05. The van der Waals surface area contributed by atoms with Gasteiger partial charge in [-0.15, -0.1) is 0 Å². The summed E-state index contributed by atoms with van der Waals surface area (Å²) in [6, 6.07) is 16.6. The van der Waals surface area contributed by atoms with Gasteiger partial charge in [0.2, 0.25) is 0 Å². The van der Waals surface area contributed by atoms with Crippen LogP contribution in [0.15, 0.2) is 48.5 Å². The van der Waals surface area contributed by atoms with Crippen molar-refractivity contribution in [1.82, 2.24) is 0 Å². The molecule has 2 rings (SSSR count). The largest absolute Gasteiger partial charge is 0.494 e. The summed E-state index contributed by atoms with van der Waals surface area (Å²) in [5.74, 6) is 1.88. The first kappa shape index (κ1) is 13.9. The zero-order valence-corrected chi connectivity index (χ0v) is 12.3. The van der Waals surface area contributed by atoms with Crippen LogP contribution in [0.1, 0.15) is 13.8 Å². The van der Waals surface area contributed by atoms with Crippen LogP contribution < -0.4 is 20.1 Å². The van der Waals surface area contributed by atoms with E-state index in [1.54, 1.807) is 0 Å². The Morgan fingerprint density at radius 2 is 1.26 bits per heavy atom. The second-order valence-corrected chi connectivity index (χ2v) is 5.45. The van der Waals surface area contributed by atoms with Gasteiger partial charge in [0.25, 0.3) is 0 Å². The molecule has 0 N–H and O–H groups in total. The van der Waals surface area contributed by atoms with Gasteiger partial charge in [0.15, 0.2) is 0 Å². The molecule has 2 aromatic carbocycles. The summed E-state index contributed by atoms with van der Waals surface area (Å²) < 4.78 is 11.1. The van der Waals surface area contributed by atoms with Gasteiger partial charge in [-0.25, -0.2) is 0 Å². The monoisotopic (exact) mass is 274 g/mol. The summed E-state index contributed by atoms with van der Waals surface area (Å²) in [4.78, 5) is 0. The molecule has 0 radical (unpaired) electrons. The van der Waals surface area contributed by atoms with Crippen LogP contribution in [0, 0.1) is 0 Å². The SMILES string of the molecule is CCOc1cccc(Pc2cccc(OCC)c2)c1. The molecule has 0 aromatic heterocycles. The van der Waals surface area contributed by atoms with Crippen molar-refractivity contribution in [3.8, 4) is 11.5 Å². The molecule has 0 saturated carbocycles. The fourth-order valence-corrected chi connectivity index (χ4v) is 2.95. The van der Waals surface area contributed by atoms with Crippen molar-refractivity contribution >= 4 is 19.2 Å². The Kier molecular flexibility index (Phi) is 5.23. The fraction of sp³-hybridized carbons (Fsp3) is 0.250. The number of benzene rings is 2. The van der Waals surface area contributed by atoms with Crippen LogP contribution in [-0.2, 0) is 0 Å². The highest BCUT2D eigenvalue weighted by atomic mass is 31.1. The van der Waals surface area contributed by atoms with Crippen LogP contribution in [0.2, 0.25) is 0 Å². The summed E-state index contributed by atoms with van der Waals surface area (Å²) in [6.07, 6.45) is 0. The molecule has 0 amide bonds. The Balaban J connectivity index is 2.11. The van der Waals surface area contributed by atoms with E-state index in [9.17, 15) is 0 Å². The van der Waals surface area contributed by atoms with E-state index in [-0.39, 0.29) is 0 Å². The molecule has 100 valence electrons. The molecule has 2 aromatic rings. The summed E-state index contributed by atoms with van der Waals surface area (Å²) in [5.41, 5.74) is 0. The van der Waals surface area contributed by atoms with E-state index >= 15 is 0 Å². The third kappa shape index (κ3) is 4.25. The van der Waals surface area contributed by atoms with E-state index in [2.05, 4.69) is 24.3 Å². The molecule has 2 nitrogen and oxygen atoms in total. The average Bonchev–Trinajstić information content (AvgIpc) is 2.40. The Morgan fingerprint density at radius 1 is 0.789 bits per heavy atom. The predicted molar refractivity (Wildman–Crippen MR) is 82.8 cm³/mol. The number of ether oxygens (including phenoxy) is 2. The minimum atomic E-state index is 0.618. The molecule has 0 heterocycles. The number of rotatable bonds is 6. The van der Waals surface area contributed by atoms with Gasteiger partial charge in [0.05, 0.1) is 13.2 Å². The summed E-state index contributed by atoms with van der Waals surface area (Å²) in [6.45, 7) is 5.40. The minimum Gasteiger partial charge on any atom is -0.494 e. The molecule has 0 atom stereocenters. The molecule has 0 aliphatic carbocycles. The molecule has 3 heteroatoms. The Hall–Kier alpha value is -1.53. The van der Waals surface area contributed by atoms with Crippen molar-refractivity contribution in [3.63, 3.8) is 0 Å². The van der Waals surface area contributed by atoms with E-state index < -0.39 is 0 Å². The molecule has 0 bridgehead atoms. The van der Waals surface area contributed by atoms with Crippen molar-refractivity contribution in [2.75, 3.05) is 13.2 Å². The smallest absolute Gasteiger partial charge is 0.119 e. The lowest BCUT2D eigenvalue weighted by molar-refractivity contribution is 0.340. The van der Waals surface area contributed by atoms with Gasteiger partial charge in [-0.05, 0) is 48.7 Å². The zero-order chi connectivity index (χ0) is 13.5. The normalized spacial score (nSPS) is 10.2. The molecular weight excluding hydrogens is 255 g/mol. The second-order valence-electron chi connectivity index (χ2n) is 4.05. The van der Waals surface area contributed by atoms with Crippen LogP contribution in [0.5, 0.6) is 11.5 Å². The lowest BCUT2D eigenvalue weighted by atomic mass is 10.3. The predicted octanol–water partition coefficient (Wildman–Crippen LogP) is 3.11. The molecule has 0 aliphatic heterocycles. The zero-order valence-electron chi connectivity index (χ0n) is 11.3. The first-order valence-corrected chi connectivity index (χ1v) is 7.54. The third-order valence-electron chi connectivity index (χ3n) is 2.58. The van der Waals surface area contributed by atoms with Crippen LogP contribution in [0.4, 0.5) is 0 Å². The van der Waals surface area contributed by atoms with E-state index in [1.807, 2.05) is 38.1 Å². The lowest BCUT2D eigenvalue weighted by Gasteiger charge is -2.08.